The van der Waals surface area contributed by atoms with E-state index >= 15 is 0 Å². The number of aromatic nitrogens is 1. The standard InChI is InChI=1S/C18H27N3O2/c1-18(2,3)23-17(22)21-16-10-9-15(13-20-16)19-12-11-14-7-5-4-6-8-14/h7,9-10,13,19H,4-6,8,11-12H2,1-3H3,(H,20,21,22). The van der Waals surface area contributed by atoms with Crippen molar-refractivity contribution in [3.63, 3.8) is 0 Å². The lowest BCUT2D eigenvalue weighted by atomic mass is 9.97. The molecule has 0 aromatic carbocycles. The van der Waals surface area contributed by atoms with E-state index in [4.69, 9.17) is 4.74 Å². The van der Waals surface area contributed by atoms with Crippen LogP contribution >= 0.6 is 0 Å². The van der Waals surface area contributed by atoms with Gasteiger partial charge in [0.15, 0.2) is 0 Å². The summed E-state index contributed by atoms with van der Waals surface area (Å²) in [6.07, 6.45) is 9.79. The summed E-state index contributed by atoms with van der Waals surface area (Å²) >= 11 is 0. The van der Waals surface area contributed by atoms with Crippen LogP contribution in [0.4, 0.5) is 16.3 Å². The van der Waals surface area contributed by atoms with Gasteiger partial charge in [-0.05, 0) is 65.0 Å². The van der Waals surface area contributed by atoms with Gasteiger partial charge < -0.3 is 10.1 Å². The predicted molar refractivity (Wildman–Crippen MR) is 93.8 cm³/mol. The van der Waals surface area contributed by atoms with Crippen molar-refractivity contribution < 1.29 is 9.53 Å². The Bertz CT molecular complexity index is 544. The Kier molecular flexibility index (Phi) is 6.02. The maximum absolute atomic E-state index is 11.7. The average molecular weight is 317 g/mol. The molecule has 23 heavy (non-hydrogen) atoms. The summed E-state index contributed by atoms with van der Waals surface area (Å²) in [4.78, 5) is 15.9. The molecule has 0 spiro atoms. The Hall–Kier alpha value is -2.04. The average Bonchev–Trinajstić information content (AvgIpc) is 2.48. The zero-order valence-corrected chi connectivity index (χ0v) is 14.3. The molecule has 1 aromatic heterocycles. The van der Waals surface area contributed by atoms with Crippen LogP contribution < -0.4 is 10.6 Å². The minimum absolute atomic E-state index is 0.486. The summed E-state index contributed by atoms with van der Waals surface area (Å²) in [7, 11) is 0. The summed E-state index contributed by atoms with van der Waals surface area (Å²) in [5.41, 5.74) is 2.00. The fourth-order valence-corrected chi connectivity index (χ4v) is 2.48. The van der Waals surface area contributed by atoms with Gasteiger partial charge in [-0.15, -0.1) is 0 Å². The van der Waals surface area contributed by atoms with E-state index in [1.54, 1.807) is 17.8 Å². The van der Waals surface area contributed by atoms with Crippen molar-refractivity contribution in [2.75, 3.05) is 17.2 Å². The number of pyridine rings is 1. The van der Waals surface area contributed by atoms with Crippen LogP contribution in [0.5, 0.6) is 0 Å². The zero-order chi connectivity index (χ0) is 16.7. The number of carbonyl (C=O) groups excluding carboxylic acids is 1. The fourth-order valence-electron chi connectivity index (χ4n) is 2.48. The third-order valence-electron chi connectivity index (χ3n) is 3.55. The Morgan fingerprint density at radius 2 is 2.13 bits per heavy atom. The lowest BCUT2D eigenvalue weighted by Crippen LogP contribution is -2.27. The van der Waals surface area contributed by atoms with Gasteiger partial charge in [-0.2, -0.15) is 0 Å². The van der Waals surface area contributed by atoms with Crippen molar-refractivity contribution in [2.24, 2.45) is 0 Å². The number of allylic oxidation sites excluding steroid dienone is 1. The van der Waals surface area contributed by atoms with Gasteiger partial charge in [-0.25, -0.2) is 9.78 Å². The van der Waals surface area contributed by atoms with Crippen molar-refractivity contribution in [3.05, 3.63) is 30.0 Å². The SMILES string of the molecule is CC(C)(C)OC(=O)Nc1ccc(NCCC2=CCCCC2)cn1. The lowest BCUT2D eigenvalue weighted by molar-refractivity contribution is 0.0635. The van der Waals surface area contributed by atoms with E-state index in [1.165, 1.54) is 25.7 Å². The Morgan fingerprint density at radius 1 is 1.30 bits per heavy atom. The van der Waals surface area contributed by atoms with Crippen LogP contribution in [-0.4, -0.2) is 23.2 Å². The van der Waals surface area contributed by atoms with E-state index in [-0.39, 0.29) is 0 Å². The molecule has 5 nitrogen and oxygen atoms in total. The molecule has 1 aliphatic rings. The van der Waals surface area contributed by atoms with Gasteiger partial charge in [0.05, 0.1) is 11.9 Å². The molecule has 5 heteroatoms. The Labute approximate surface area is 138 Å². The van der Waals surface area contributed by atoms with Crippen molar-refractivity contribution in [1.29, 1.82) is 0 Å². The van der Waals surface area contributed by atoms with Crippen LogP contribution in [0, 0.1) is 0 Å². The van der Waals surface area contributed by atoms with E-state index in [0.29, 0.717) is 5.82 Å². The third-order valence-corrected chi connectivity index (χ3v) is 3.55. The quantitative estimate of drug-likeness (QED) is 0.771. The number of ether oxygens (including phenoxy) is 1. The highest BCUT2D eigenvalue weighted by atomic mass is 16.6. The second-order valence-electron chi connectivity index (χ2n) is 6.84. The molecule has 0 saturated carbocycles. The highest BCUT2D eigenvalue weighted by Gasteiger charge is 2.16. The summed E-state index contributed by atoms with van der Waals surface area (Å²) in [5.74, 6) is 0.486. The van der Waals surface area contributed by atoms with Gasteiger partial charge in [0, 0.05) is 6.54 Å². The number of nitrogens with one attached hydrogen (secondary N) is 2. The maximum Gasteiger partial charge on any atom is 0.413 e. The Morgan fingerprint density at radius 3 is 2.74 bits per heavy atom. The summed E-state index contributed by atoms with van der Waals surface area (Å²) in [5, 5.41) is 5.99. The lowest BCUT2D eigenvalue weighted by Gasteiger charge is -2.19. The maximum atomic E-state index is 11.7. The summed E-state index contributed by atoms with van der Waals surface area (Å²) < 4.78 is 5.19. The molecule has 0 aliphatic heterocycles. The second-order valence-corrected chi connectivity index (χ2v) is 6.84. The van der Waals surface area contributed by atoms with E-state index < -0.39 is 11.7 Å². The minimum Gasteiger partial charge on any atom is -0.444 e. The van der Waals surface area contributed by atoms with Crippen molar-refractivity contribution in [1.82, 2.24) is 4.98 Å². The van der Waals surface area contributed by atoms with Gasteiger partial charge in [0.25, 0.3) is 0 Å². The largest absolute Gasteiger partial charge is 0.444 e. The predicted octanol–water partition coefficient (Wildman–Crippen LogP) is 4.73. The highest BCUT2D eigenvalue weighted by molar-refractivity contribution is 5.83. The van der Waals surface area contributed by atoms with Gasteiger partial charge in [-0.1, -0.05) is 11.6 Å². The monoisotopic (exact) mass is 317 g/mol. The molecular weight excluding hydrogens is 290 g/mol. The first-order valence-electron chi connectivity index (χ1n) is 8.30. The molecule has 0 unspecified atom stereocenters. The van der Waals surface area contributed by atoms with Crippen molar-refractivity contribution in [3.8, 4) is 0 Å². The van der Waals surface area contributed by atoms with E-state index in [9.17, 15) is 4.79 Å². The molecule has 2 N–H and O–H groups in total. The molecule has 1 aromatic rings. The van der Waals surface area contributed by atoms with Crippen molar-refractivity contribution in [2.45, 2.75) is 58.5 Å². The molecule has 2 rings (SSSR count). The molecule has 126 valence electrons. The molecule has 0 radical (unpaired) electrons. The molecule has 1 amide bonds. The van der Waals surface area contributed by atoms with Crippen LogP contribution in [0.1, 0.15) is 52.9 Å². The third kappa shape index (κ3) is 6.72. The van der Waals surface area contributed by atoms with E-state index in [0.717, 1.165) is 18.7 Å². The molecule has 0 atom stereocenters. The Balaban J connectivity index is 1.75. The van der Waals surface area contributed by atoms with Gasteiger partial charge in [-0.3, -0.25) is 5.32 Å². The van der Waals surface area contributed by atoms with Gasteiger partial charge in [0.1, 0.15) is 11.4 Å². The number of hydrogen-bond donors (Lipinski definition) is 2. The first-order valence-corrected chi connectivity index (χ1v) is 8.30. The van der Waals surface area contributed by atoms with Crippen molar-refractivity contribution >= 4 is 17.6 Å². The van der Waals surface area contributed by atoms with E-state index in [1.807, 2.05) is 26.8 Å². The molecule has 0 saturated heterocycles. The molecule has 1 heterocycles. The summed E-state index contributed by atoms with van der Waals surface area (Å²) in [6, 6.07) is 3.68. The fraction of sp³-hybridized carbons (Fsp3) is 0.556. The highest BCUT2D eigenvalue weighted by Crippen LogP contribution is 2.20. The normalized spacial score (nSPS) is 14.8. The zero-order valence-electron chi connectivity index (χ0n) is 14.3. The van der Waals surface area contributed by atoms with Crippen LogP contribution in [0.3, 0.4) is 0 Å². The topological polar surface area (TPSA) is 63.2 Å². The van der Waals surface area contributed by atoms with Crippen LogP contribution in [0.2, 0.25) is 0 Å². The van der Waals surface area contributed by atoms with Crippen LogP contribution in [0.15, 0.2) is 30.0 Å². The summed E-state index contributed by atoms with van der Waals surface area (Å²) in [6.45, 7) is 6.39. The number of amides is 1. The smallest absolute Gasteiger partial charge is 0.413 e. The van der Waals surface area contributed by atoms with Gasteiger partial charge >= 0.3 is 6.09 Å². The number of rotatable bonds is 5. The van der Waals surface area contributed by atoms with Crippen LogP contribution in [-0.2, 0) is 4.74 Å². The number of carbonyl (C=O) groups is 1. The first-order chi connectivity index (χ1) is 10.9. The first kappa shape index (κ1) is 17.3. The molecular formula is C18H27N3O2. The van der Waals surface area contributed by atoms with Gasteiger partial charge in [0.2, 0.25) is 0 Å². The van der Waals surface area contributed by atoms with Crippen LogP contribution in [0.25, 0.3) is 0 Å². The number of anilines is 2. The minimum atomic E-state index is -0.515. The molecule has 0 bridgehead atoms. The second kappa shape index (κ2) is 7.99. The molecule has 0 fully saturated rings. The van der Waals surface area contributed by atoms with E-state index in [2.05, 4.69) is 21.7 Å². The number of nitrogens with zero attached hydrogens (tertiary/aromatic N) is 1. The number of hydrogen-bond acceptors (Lipinski definition) is 4. The molecule has 1 aliphatic carbocycles.